The van der Waals surface area contributed by atoms with Gasteiger partial charge in [0, 0.05) is 28.9 Å². The van der Waals surface area contributed by atoms with Gasteiger partial charge in [0.25, 0.3) is 0 Å². The number of benzene rings is 2. The molecule has 1 saturated heterocycles. The lowest BCUT2D eigenvalue weighted by atomic mass is 9.73. The summed E-state index contributed by atoms with van der Waals surface area (Å²) in [6, 6.07) is 14.9. The van der Waals surface area contributed by atoms with Crippen molar-refractivity contribution in [1.29, 1.82) is 0 Å². The number of nitrogens with one attached hydrogen (secondary N) is 1. The molecule has 0 aromatic heterocycles. The van der Waals surface area contributed by atoms with Gasteiger partial charge < -0.3 is 10.1 Å². The van der Waals surface area contributed by atoms with Gasteiger partial charge in [0.2, 0.25) is 5.91 Å². The molecule has 1 aliphatic rings. The van der Waals surface area contributed by atoms with Crippen molar-refractivity contribution in [3.8, 4) is 0 Å². The third kappa shape index (κ3) is 3.52. The maximum absolute atomic E-state index is 13.1. The molecule has 3 nitrogen and oxygen atoms in total. The summed E-state index contributed by atoms with van der Waals surface area (Å²) in [4.78, 5) is 13.1. The van der Waals surface area contributed by atoms with Gasteiger partial charge in [-0.1, -0.05) is 53.5 Å². The van der Waals surface area contributed by atoms with Crippen molar-refractivity contribution in [2.24, 2.45) is 0 Å². The third-order valence-corrected chi connectivity index (χ3v) is 4.66. The monoisotopic (exact) mass is 349 g/mol. The van der Waals surface area contributed by atoms with Crippen LogP contribution in [0.2, 0.25) is 10.0 Å². The highest BCUT2D eigenvalue weighted by Crippen LogP contribution is 2.36. The molecule has 0 spiro atoms. The summed E-state index contributed by atoms with van der Waals surface area (Å²) >= 11 is 12.0. The van der Waals surface area contributed by atoms with Crippen LogP contribution in [0.15, 0.2) is 48.5 Å². The summed E-state index contributed by atoms with van der Waals surface area (Å²) in [5.41, 5.74) is 1.03. The van der Waals surface area contributed by atoms with Gasteiger partial charge in [-0.25, -0.2) is 0 Å². The fourth-order valence-electron chi connectivity index (χ4n) is 3.00. The van der Waals surface area contributed by atoms with Crippen LogP contribution < -0.4 is 5.32 Å². The second kappa shape index (κ2) is 6.91. The van der Waals surface area contributed by atoms with Gasteiger partial charge in [-0.05, 0) is 36.6 Å². The Hall–Kier alpha value is -1.55. The molecule has 23 heavy (non-hydrogen) atoms. The molecular weight excluding hydrogens is 333 g/mol. The number of carbonyl (C=O) groups excluding carboxylic acids is 1. The van der Waals surface area contributed by atoms with Gasteiger partial charge in [-0.3, -0.25) is 4.79 Å². The van der Waals surface area contributed by atoms with Gasteiger partial charge >= 0.3 is 0 Å². The van der Waals surface area contributed by atoms with E-state index in [0.29, 0.717) is 41.8 Å². The number of carbonyl (C=O) groups is 1. The van der Waals surface area contributed by atoms with Crippen LogP contribution in [0.1, 0.15) is 18.4 Å². The smallest absolute Gasteiger partial charge is 0.235 e. The number of halogens is 2. The Morgan fingerprint density at radius 2 is 1.61 bits per heavy atom. The van der Waals surface area contributed by atoms with E-state index in [9.17, 15) is 4.79 Å². The molecule has 1 amide bonds. The van der Waals surface area contributed by atoms with Crippen LogP contribution in [-0.4, -0.2) is 19.1 Å². The van der Waals surface area contributed by atoms with Crippen molar-refractivity contribution in [1.82, 2.24) is 0 Å². The third-order valence-electron chi connectivity index (χ3n) is 4.23. The first-order valence-electron chi connectivity index (χ1n) is 7.51. The molecule has 3 rings (SSSR count). The molecule has 2 aromatic carbocycles. The Morgan fingerprint density at radius 3 is 2.22 bits per heavy atom. The van der Waals surface area contributed by atoms with E-state index in [1.807, 2.05) is 30.3 Å². The van der Waals surface area contributed by atoms with Gasteiger partial charge in [0.05, 0.1) is 5.41 Å². The normalized spacial score (nSPS) is 16.8. The number of hydrogen-bond donors (Lipinski definition) is 1. The highest BCUT2D eigenvalue weighted by molar-refractivity contribution is 6.35. The van der Waals surface area contributed by atoms with E-state index in [2.05, 4.69) is 5.32 Å². The van der Waals surface area contributed by atoms with E-state index in [-0.39, 0.29) is 5.91 Å². The zero-order valence-corrected chi connectivity index (χ0v) is 14.0. The van der Waals surface area contributed by atoms with Crippen LogP contribution in [0, 0.1) is 0 Å². The summed E-state index contributed by atoms with van der Waals surface area (Å²) in [7, 11) is 0. The topological polar surface area (TPSA) is 38.3 Å². The highest BCUT2D eigenvalue weighted by atomic mass is 35.5. The minimum atomic E-state index is -0.589. The molecular formula is C18H17Cl2NO2. The minimum Gasteiger partial charge on any atom is -0.381 e. The maximum Gasteiger partial charge on any atom is 0.235 e. The van der Waals surface area contributed by atoms with Crippen molar-refractivity contribution in [3.05, 3.63) is 64.1 Å². The standard InChI is InChI=1S/C18H17Cl2NO2/c19-14-10-15(20)12-16(11-14)21-17(22)18(6-8-23-9-7-18)13-4-2-1-3-5-13/h1-5,10-12H,6-9H2,(H,21,22). The number of hydrogen-bond acceptors (Lipinski definition) is 2. The predicted molar refractivity (Wildman–Crippen MR) is 93.3 cm³/mol. The molecule has 0 radical (unpaired) electrons. The molecule has 0 saturated carbocycles. The number of rotatable bonds is 3. The van der Waals surface area contributed by atoms with Crippen LogP contribution in [0.5, 0.6) is 0 Å². The Morgan fingerprint density at radius 1 is 1.00 bits per heavy atom. The Balaban J connectivity index is 1.92. The first kappa shape index (κ1) is 16.3. The van der Waals surface area contributed by atoms with Crippen molar-refractivity contribution < 1.29 is 9.53 Å². The summed E-state index contributed by atoms with van der Waals surface area (Å²) in [6.45, 7) is 1.14. The molecule has 0 atom stereocenters. The van der Waals surface area contributed by atoms with Crippen LogP contribution in [0.25, 0.3) is 0 Å². The van der Waals surface area contributed by atoms with E-state index in [1.54, 1.807) is 18.2 Å². The lowest BCUT2D eigenvalue weighted by Crippen LogP contribution is -2.44. The molecule has 120 valence electrons. The maximum atomic E-state index is 13.1. The van der Waals surface area contributed by atoms with Crippen LogP contribution in [0.3, 0.4) is 0 Å². The van der Waals surface area contributed by atoms with E-state index in [1.165, 1.54) is 0 Å². The second-order valence-corrected chi connectivity index (χ2v) is 6.55. The van der Waals surface area contributed by atoms with Gasteiger partial charge in [-0.15, -0.1) is 0 Å². The number of anilines is 1. The zero-order valence-electron chi connectivity index (χ0n) is 12.5. The van der Waals surface area contributed by atoms with Gasteiger partial charge in [-0.2, -0.15) is 0 Å². The zero-order chi connectivity index (χ0) is 16.3. The summed E-state index contributed by atoms with van der Waals surface area (Å²) in [5.74, 6) is -0.0506. The molecule has 1 fully saturated rings. The lowest BCUT2D eigenvalue weighted by Gasteiger charge is -2.36. The average Bonchev–Trinajstić information content (AvgIpc) is 2.55. The highest BCUT2D eigenvalue weighted by Gasteiger charge is 2.41. The fraction of sp³-hybridized carbons (Fsp3) is 0.278. The summed E-state index contributed by atoms with van der Waals surface area (Å²) in [6.07, 6.45) is 1.30. The lowest BCUT2D eigenvalue weighted by molar-refractivity contribution is -0.125. The Bertz CT molecular complexity index is 677. The fourth-order valence-corrected chi connectivity index (χ4v) is 3.53. The SMILES string of the molecule is O=C(Nc1cc(Cl)cc(Cl)c1)C1(c2ccccc2)CCOCC1. The van der Waals surface area contributed by atoms with Gasteiger partial charge in [0.15, 0.2) is 0 Å². The number of amides is 1. The number of ether oxygens (including phenoxy) is 1. The first-order valence-corrected chi connectivity index (χ1v) is 8.27. The molecule has 0 unspecified atom stereocenters. The van der Waals surface area contributed by atoms with E-state index >= 15 is 0 Å². The van der Waals surface area contributed by atoms with Crippen molar-refractivity contribution in [2.75, 3.05) is 18.5 Å². The molecule has 2 aromatic rings. The molecule has 0 bridgehead atoms. The van der Waals surface area contributed by atoms with Crippen molar-refractivity contribution >= 4 is 34.8 Å². The van der Waals surface area contributed by atoms with Crippen molar-refractivity contribution in [2.45, 2.75) is 18.3 Å². The Labute approximate surface area is 145 Å². The van der Waals surface area contributed by atoms with E-state index in [0.717, 1.165) is 5.56 Å². The van der Waals surface area contributed by atoms with Crippen molar-refractivity contribution in [3.63, 3.8) is 0 Å². The summed E-state index contributed by atoms with van der Waals surface area (Å²) < 4.78 is 5.46. The van der Waals surface area contributed by atoms with E-state index < -0.39 is 5.41 Å². The molecule has 5 heteroatoms. The predicted octanol–water partition coefficient (Wildman–Crippen LogP) is 4.68. The van der Waals surface area contributed by atoms with Crippen LogP contribution >= 0.6 is 23.2 Å². The van der Waals surface area contributed by atoms with Crippen LogP contribution in [-0.2, 0) is 14.9 Å². The average molecular weight is 350 g/mol. The minimum absolute atomic E-state index is 0.0506. The Kier molecular flexibility index (Phi) is 4.90. The van der Waals surface area contributed by atoms with Crippen LogP contribution in [0.4, 0.5) is 5.69 Å². The molecule has 0 aliphatic carbocycles. The van der Waals surface area contributed by atoms with E-state index in [4.69, 9.17) is 27.9 Å². The molecule has 1 heterocycles. The quantitative estimate of drug-likeness (QED) is 0.873. The summed E-state index contributed by atoms with van der Waals surface area (Å²) in [5, 5.41) is 3.96. The largest absolute Gasteiger partial charge is 0.381 e. The molecule has 1 aliphatic heterocycles. The van der Waals surface area contributed by atoms with Gasteiger partial charge in [0.1, 0.15) is 0 Å². The molecule has 1 N–H and O–H groups in total. The second-order valence-electron chi connectivity index (χ2n) is 5.67. The first-order chi connectivity index (χ1) is 11.1.